The SMILES string of the molecule is CCCCCCCCCCCCCCCOC(=O)C(CC(C)C)NC(=O)c1ccco1. The average Bonchev–Trinajstić information content (AvgIpc) is 3.28. The van der Waals surface area contributed by atoms with E-state index in [1.54, 1.807) is 12.1 Å². The van der Waals surface area contributed by atoms with E-state index in [0.717, 1.165) is 12.8 Å². The number of unbranched alkanes of at least 4 members (excludes halogenated alkanes) is 12. The second-order valence-electron chi connectivity index (χ2n) is 9.04. The lowest BCUT2D eigenvalue weighted by molar-refractivity contribution is -0.146. The summed E-state index contributed by atoms with van der Waals surface area (Å²) in [5.41, 5.74) is 0. The first-order valence-electron chi connectivity index (χ1n) is 12.6. The zero-order chi connectivity index (χ0) is 22.7. The van der Waals surface area contributed by atoms with Crippen LogP contribution in [-0.4, -0.2) is 24.5 Å². The van der Waals surface area contributed by atoms with Gasteiger partial charge in [-0.05, 0) is 30.9 Å². The molecule has 1 unspecified atom stereocenters. The first-order chi connectivity index (χ1) is 15.0. The third-order valence-corrected chi connectivity index (χ3v) is 5.53. The van der Waals surface area contributed by atoms with Crippen LogP contribution in [0, 0.1) is 5.92 Å². The smallest absolute Gasteiger partial charge is 0.328 e. The van der Waals surface area contributed by atoms with Gasteiger partial charge < -0.3 is 14.5 Å². The molecule has 1 rings (SSSR count). The number of carbonyl (C=O) groups is 2. The Morgan fingerprint density at radius 3 is 1.94 bits per heavy atom. The second kappa shape index (κ2) is 17.9. The molecule has 0 spiro atoms. The molecule has 1 N–H and O–H groups in total. The van der Waals surface area contributed by atoms with Crippen molar-refractivity contribution in [2.45, 2.75) is 117 Å². The minimum Gasteiger partial charge on any atom is -0.464 e. The van der Waals surface area contributed by atoms with Gasteiger partial charge in [-0.3, -0.25) is 4.79 Å². The number of hydrogen-bond acceptors (Lipinski definition) is 4. The Balaban J connectivity index is 2.07. The highest BCUT2D eigenvalue weighted by molar-refractivity contribution is 5.94. The molecule has 0 aliphatic heterocycles. The fourth-order valence-electron chi connectivity index (χ4n) is 3.72. The molecule has 1 atom stereocenters. The number of nitrogens with one attached hydrogen (secondary N) is 1. The third kappa shape index (κ3) is 14.0. The van der Waals surface area contributed by atoms with E-state index in [-0.39, 0.29) is 23.6 Å². The van der Waals surface area contributed by atoms with E-state index in [4.69, 9.17) is 9.15 Å². The van der Waals surface area contributed by atoms with Crippen molar-refractivity contribution in [3.8, 4) is 0 Å². The molecule has 1 aromatic heterocycles. The Kier molecular flexibility index (Phi) is 15.7. The summed E-state index contributed by atoms with van der Waals surface area (Å²) < 4.78 is 10.5. The minimum atomic E-state index is -0.639. The molecule has 5 heteroatoms. The summed E-state index contributed by atoms with van der Waals surface area (Å²) in [6.45, 7) is 6.72. The van der Waals surface area contributed by atoms with Crippen LogP contribution in [0.1, 0.15) is 121 Å². The monoisotopic (exact) mass is 435 g/mol. The molecule has 0 aliphatic carbocycles. The summed E-state index contributed by atoms with van der Waals surface area (Å²) in [5.74, 6) is -0.259. The Morgan fingerprint density at radius 2 is 1.45 bits per heavy atom. The van der Waals surface area contributed by atoms with Gasteiger partial charge in [-0.15, -0.1) is 0 Å². The van der Waals surface area contributed by atoms with Crippen LogP contribution in [0.25, 0.3) is 0 Å². The largest absolute Gasteiger partial charge is 0.464 e. The summed E-state index contributed by atoms with van der Waals surface area (Å²) >= 11 is 0. The number of ether oxygens (including phenoxy) is 1. The minimum absolute atomic E-state index is 0.207. The second-order valence-corrected chi connectivity index (χ2v) is 9.04. The fraction of sp³-hybridized carbons (Fsp3) is 0.769. The number of furan rings is 1. The highest BCUT2D eigenvalue weighted by Gasteiger charge is 2.24. The van der Waals surface area contributed by atoms with Crippen LogP contribution in [-0.2, 0) is 9.53 Å². The highest BCUT2D eigenvalue weighted by Crippen LogP contribution is 2.13. The van der Waals surface area contributed by atoms with Gasteiger partial charge in [0, 0.05) is 0 Å². The number of hydrogen-bond donors (Lipinski definition) is 1. The summed E-state index contributed by atoms with van der Waals surface area (Å²) in [5, 5.41) is 2.74. The van der Waals surface area contributed by atoms with Crippen molar-refractivity contribution in [3.63, 3.8) is 0 Å². The summed E-state index contributed by atoms with van der Waals surface area (Å²) in [4.78, 5) is 24.6. The summed E-state index contributed by atoms with van der Waals surface area (Å²) in [6, 6.07) is 2.60. The van der Waals surface area contributed by atoms with E-state index in [9.17, 15) is 9.59 Å². The van der Waals surface area contributed by atoms with Crippen LogP contribution < -0.4 is 5.32 Å². The molecule has 0 aliphatic rings. The standard InChI is InChI=1S/C26H45NO4/c1-4-5-6-7-8-9-10-11-12-13-14-15-16-19-31-26(29)23(21-22(2)3)27-25(28)24-18-17-20-30-24/h17-18,20,22-23H,4-16,19,21H2,1-3H3,(H,27,28). The Bertz CT molecular complexity index is 568. The maximum atomic E-state index is 12.4. The van der Waals surface area contributed by atoms with Crippen LogP contribution in [0.2, 0.25) is 0 Å². The Hall–Kier alpha value is -1.78. The van der Waals surface area contributed by atoms with E-state index in [2.05, 4.69) is 12.2 Å². The van der Waals surface area contributed by atoms with Crippen LogP contribution >= 0.6 is 0 Å². The van der Waals surface area contributed by atoms with Crippen molar-refractivity contribution < 1.29 is 18.7 Å². The molecule has 0 saturated carbocycles. The molecule has 0 saturated heterocycles. The average molecular weight is 436 g/mol. The van der Waals surface area contributed by atoms with Gasteiger partial charge in [0.1, 0.15) is 6.04 Å². The van der Waals surface area contributed by atoms with Gasteiger partial charge in [-0.2, -0.15) is 0 Å². The van der Waals surface area contributed by atoms with Gasteiger partial charge in [-0.1, -0.05) is 97.8 Å². The lowest BCUT2D eigenvalue weighted by Gasteiger charge is -2.19. The van der Waals surface area contributed by atoms with Gasteiger partial charge in [0.2, 0.25) is 0 Å². The summed E-state index contributed by atoms with van der Waals surface area (Å²) in [6.07, 6.45) is 18.7. The predicted molar refractivity (Wildman–Crippen MR) is 126 cm³/mol. The van der Waals surface area contributed by atoms with E-state index in [1.165, 1.54) is 76.9 Å². The van der Waals surface area contributed by atoms with Crippen molar-refractivity contribution in [2.75, 3.05) is 6.61 Å². The maximum Gasteiger partial charge on any atom is 0.328 e. The van der Waals surface area contributed by atoms with Crippen molar-refractivity contribution >= 4 is 11.9 Å². The van der Waals surface area contributed by atoms with Gasteiger partial charge in [0.05, 0.1) is 12.9 Å². The zero-order valence-corrected chi connectivity index (χ0v) is 20.1. The highest BCUT2D eigenvalue weighted by atomic mass is 16.5. The van der Waals surface area contributed by atoms with Crippen LogP contribution in [0.3, 0.4) is 0 Å². The molecule has 1 heterocycles. The van der Waals surface area contributed by atoms with E-state index in [0.29, 0.717) is 13.0 Å². The lowest BCUT2D eigenvalue weighted by atomic mass is 10.0. The molecule has 0 radical (unpaired) electrons. The van der Waals surface area contributed by atoms with Crippen molar-refractivity contribution in [3.05, 3.63) is 24.2 Å². The lowest BCUT2D eigenvalue weighted by Crippen LogP contribution is -2.42. The van der Waals surface area contributed by atoms with E-state index in [1.807, 2.05) is 13.8 Å². The van der Waals surface area contributed by atoms with Gasteiger partial charge in [0.15, 0.2) is 5.76 Å². The molecule has 1 aromatic rings. The zero-order valence-electron chi connectivity index (χ0n) is 20.1. The first kappa shape index (κ1) is 27.3. The third-order valence-electron chi connectivity index (χ3n) is 5.53. The van der Waals surface area contributed by atoms with Gasteiger partial charge >= 0.3 is 5.97 Å². The Morgan fingerprint density at radius 1 is 0.903 bits per heavy atom. The van der Waals surface area contributed by atoms with Gasteiger partial charge in [-0.25, -0.2) is 4.79 Å². The summed E-state index contributed by atoms with van der Waals surface area (Å²) in [7, 11) is 0. The predicted octanol–water partition coefficient (Wildman–Crippen LogP) is 7.06. The quantitative estimate of drug-likeness (QED) is 0.186. The van der Waals surface area contributed by atoms with Crippen molar-refractivity contribution in [1.29, 1.82) is 0 Å². The number of esters is 1. The normalized spacial score (nSPS) is 12.1. The molecule has 178 valence electrons. The first-order valence-corrected chi connectivity index (χ1v) is 12.6. The number of rotatable bonds is 19. The Labute approximate surface area is 189 Å². The molecule has 0 fully saturated rings. The number of amides is 1. The van der Waals surface area contributed by atoms with E-state index < -0.39 is 6.04 Å². The topological polar surface area (TPSA) is 68.5 Å². The van der Waals surface area contributed by atoms with E-state index >= 15 is 0 Å². The molecule has 0 aromatic carbocycles. The van der Waals surface area contributed by atoms with Crippen LogP contribution in [0.5, 0.6) is 0 Å². The number of carbonyl (C=O) groups excluding carboxylic acids is 2. The molecule has 0 bridgehead atoms. The van der Waals surface area contributed by atoms with Crippen LogP contribution in [0.15, 0.2) is 22.8 Å². The molecule has 5 nitrogen and oxygen atoms in total. The maximum absolute atomic E-state index is 12.4. The van der Waals surface area contributed by atoms with Crippen LogP contribution in [0.4, 0.5) is 0 Å². The van der Waals surface area contributed by atoms with Crippen molar-refractivity contribution in [1.82, 2.24) is 5.32 Å². The molecular formula is C26H45NO4. The van der Waals surface area contributed by atoms with Gasteiger partial charge in [0.25, 0.3) is 5.91 Å². The fourth-order valence-corrected chi connectivity index (χ4v) is 3.72. The van der Waals surface area contributed by atoms with Crippen molar-refractivity contribution in [2.24, 2.45) is 5.92 Å². The molecule has 31 heavy (non-hydrogen) atoms. The molecular weight excluding hydrogens is 390 g/mol. The molecule has 1 amide bonds.